The van der Waals surface area contributed by atoms with Crippen molar-refractivity contribution in [1.29, 1.82) is 0 Å². The third kappa shape index (κ3) is 13.2. The zero-order chi connectivity index (χ0) is 16.8. The SMILES string of the molecule is CCCS(=O)(=O)CCCCCCCCCCCCCC1CCC1.N. The first-order valence-electron chi connectivity index (χ1n) is 10.3. The van der Waals surface area contributed by atoms with Crippen LogP contribution in [0.5, 0.6) is 0 Å². The molecule has 24 heavy (non-hydrogen) atoms. The van der Waals surface area contributed by atoms with Crippen molar-refractivity contribution in [2.75, 3.05) is 11.5 Å². The smallest absolute Gasteiger partial charge is 0.150 e. The van der Waals surface area contributed by atoms with E-state index in [9.17, 15) is 8.42 Å². The third-order valence-electron chi connectivity index (χ3n) is 5.31. The molecule has 3 N–H and O–H groups in total. The summed E-state index contributed by atoms with van der Waals surface area (Å²) in [6, 6.07) is 0. The van der Waals surface area contributed by atoms with Gasteiger partial charge in [0.15, 0.2) is 0 Å². The van der Waals surface area contributed by atoms with E-state index in [1.54, 1.807) is 0 Å². The zero-order valence-electron chi connectivity index (χ0n) is 16.2. The molecule has 0 aliphatic heterocycles. The van der Waals surface area contributed by atoms with Crippen molar-refractivity contribution in [3.63, 3.8) is 0 Å². The maximum atomic E-state index is 11.6. The first kappa shape index (κ1) is 23.9. The van der Waals surface area contributed by atoms with Crippen LogP contribution in [0.4, 0.5) is 0 Å². The maximum Gasteiger partial charge on any atom is 0.150 e. The van der Waals surface area contributed by atoms with Gasteiger partial charge >= 0.3 is 0 Å². The summed E-state index contributed by atoms with van der Waals surface area (Å²) >= 11 is 0. The van der Waals surface area contributed by atoms with Crippen LogP contribution in [0.15, 0.2) is 0 Å². The van der Waals surface area contributed by atoms with Gasteiger partial charge in [0.05, 0.1) is 5.75 Å². The van der Waals surface area contributed by atoms with Crippen LogP contribution in [0.25, 0.3) is 0 Å². The molecule has 1 rings (SSSR count). The molecule has 0 spiro atoms. The highest BCUT2D eigenvalue weighted by atomic mass is 32.2. The van der Waals surface area contributed by atoms with Gasteiger partial charge in [0.2, 0.25) is 0 Å². The van der Waals surface area contributed by atoms with Crippen molar-refractivity contribution in [3.05, 3.63) is 0 Å². The second-order valence-electron chi connectivity index (χ2n) is 7.63. The Bertz CT molecular complexity index is 364. The Labute approximate surface area is 151 Å². The summed E-state index contributed by atoms with van der Waals surface area (Å²) in [5.41, 5.74) is 0. The van der Waals surface area contributed by atoms with Crippen molar-refractivity contribution < 1.29 is 8.42 Å². The van der Waals surface area contributed by atoms with Gasteiger partial charge in [0.1, 0.15) is 9.84 Å². The molecule has 0 amide bonds. The molecule has 1 aliphatic rings. The zero-order valence-corrected chi connectivity index (χ0v) is 17.1. The predicted octanol–water partition coefficient (Wildman–Crippen LogP) is 6.45. The van der Waals surface area contributed by atoms with E-state index in [1.165, 1.54) is 83.5 Å². The van der Waals surface area contributed by atoms with Gasteiger partial charge in [-0.15, -0.1) is 0 Å². The molecule has 0 saturated heterocycles. The Morgan fingerprint density at radius 2 is 1.17 bits per heavy atom. The molecule has 3 nitrogen and oxygen atoms in total. The number of hydrogen-bond donors (Lipinski definition) is 1. The lowest BCUT2D eigenvalue weighted by Gasteiger charge is -2.24. The fraction of sp³-hybridized carbons (Fsp3) is 1.00. The quantitative estimate of drug-likeness (QED) is 0.321. The highest BCUT2D eigenvalue weighted by molar-refractivity contribution is 7.91. The Hall–Kier alpha value is -0.0900. The molecule has 1 fully saturated rings. The first-order chi connectivity index (χ1) is 11.1. The molecule has 0 heterocycles. The predicted molar refractivity (Wildman–Crippen MR) is 107 cm³/mol. The van der Waals surface area contributed by atoms with Crippen molar-refractivity contribution in [1.82, 2.24) is 6.15 Å². The minimum atomic E-state index is -2.75. The average molecular weight is 362 g/mol. The second kappa shape index (κ2) is 15.2. The van der Waals surface area contributed by atoms with Crippen molar-refractivity contribution in [2.24, 2.45) is 5.92 Å². The molecule has 0 atom stereocenters. The van der Waals surface area contributed by atoms with Crippen LogP contribution in [0.3, 0.4) is 0 Å². The highest BCUT2D eigenvalue weighted by Gasteiger charge is 2.15. The Morgan fingerprint density at radius 1 is 0.708 bits per heavy atom. The molecular formula is C20H43NO2S. The van der Waals surface area contributed by atoms with Crippen molar-refractivity contribution in [2.45, 2.75) is 110 Å². The Kier molecular flexibility index (Phi) is 15.1. The van der Waals surface area contributed by atoms with E-state index in [0.717, 1.165) is 25.2 Å². The minimum Gasteiger partial charge on any atom is -0.344 e. The maximum absolute atomic E-state index is 11.6. The van der Waals surface area contributed by atoms with Gasteiger partial charge in [-0.2, -0.15) is 0 Å². The van der Waals surface area contributed by atoms with Gasteiger partial charge in [-0.3, -0.25) is 0 Å². The molecule has 0 unspecified atom stereocenters. The molecule has 146 valence electrons. The first-order valence-corrected chi connectivity index (χ1v) is 12.2. The van der Waals surface area contributed by atoms with Crippen LogP contribution in [-0.4, -0.2) is 19.9 Å². The van der Waals surface area contributed by atoms with Gasteiger partial charge in [0.25, 0.3) is 0 Å². The molecule has 1 aliphatic carbocycles. The summed E-state index contributed by atoms with van der Waals surface area (Å²) in [6.45, 7) is 1.94. The van der Waals surface area contributed by atoms with Gasteiger partial charge in [-0.05, 0) is 18.8 Å². The molecular weight excluding hydrogens is 318 g/mol. The molecule has 1 saturated carbocycles. The normalized spacial score (nSPS) is 15.0. The van der Waals surface area contributed by atoms with Crippen LogP contribution < -0.4 is 6.15 Å². The third-order valence-corrected chi connectivity index (χ3v) is 7.25. The van der Waals surface area contributed by atoms with Crippen LogP contribution in [0, 0.1) is 5.92 Å². The summed E-state index contributed by atoms with van der Waals surface area (Å²) in [5.74, 6) is 1.86. The fourth-order valence-electron chi connectivity index (χ4n) is 3.54. The topological polar surface area (TPSA) is 69.1 Å². The molecule has 0 aromatic carbocycles. The van der Waals surface area contributed by atoms with E-state index in [-0.39, 0.29) is 6.15 Å². The van der Waals surface area contributed by atoms with Crippen molar-refractivity contribution >= 4 is 9.84 Å². The molecule has 0 aromatic rings. The average Bonchev–Trinajstić information content (AvgIpc) is 2.45. The summed E-state index contributed by atoms with van der Waals surface area (Å²) in [5, 5.41) is 0. The summed E-state index contributed by atoms with van der Waals surface area (Å²) in [7, 11) is -2.75. The van der Waals surface area contributed by atoms with Gasteiger partial charge < -0.3 is 6.15 Å². The number of unbranched alkanes of at least 4 members (excludes halogenated alkanes) is 10. The highest BCUT2D eigenvalue weighted by Crippen LogP contribution is 2.31. The fourth-order valence-corrected chi connectivity index (χ4v) is 5.01. The summed E-state index contributed by atoms with van der Waals surface area (Å²) < 4.78 is 23.1. The standard InChI is InChI=1S/C20H40O2S.H3N/c1-2-18-23(21,22)19-13-11-9-7-5-3-4-6-8-10-12-15-20-16-14-17-20;/h20H,2-19H2,1H3;1H3. The van der Waals surface area contributed by atoms with Crippen LogP contribution in [0.2, 0.25) is 0 Å². The largest absolute Gasteiger partial charge is 0.344 e. The Balaban J connectivity index is 0.00000529. The molecule has 0 aromatic heterocycles. The summed E-state index contributed by atoms with van der Waals surface area (Å²) in [4.78, 5) is 0. The lowest BCUT2D eigenvalue weighted by molar-refractivity contribution is 0.286. The van der Waals surface area contributed by atoms with Gasteiger partial charge in [-0.1, -0.05) is 96.8 Å². The van der Waals surface area contributed by atoms with E-state index >= 15 is 0 Å². The monoisotopic (exact) mass is 361 g/mol. The van der Waals surface area contributed by atoms with E-state index < -0.39 is 9.84 Å². The molecule has 4 heteroatoms. The lowest BCUT2D eigenvalue weighted by atomic mass is 9.81. The van der Waals surface area contributed by atoms with Crippen molar-refractivity contribution in [3.8, 4) is 0 Å². The Morgan fingerprint density at radius 3 is 1.58 bits per heavy atom. The van der Waals surface area contributed by atoms with E-state index in [2.05, 4.69) is 0 Å². The summed E-state index contributed by atoms with van der Waals surface area (Å²) in [6.07, 6.45) is 21.1. The van der Waals surface area contributed by atoms with E-state index in [1.807, 2.05) is 6.92 Å². The lowest BCUT2D eigenvalue weighted by Crippen LogP contribution is -2.10. The second-order valence-corrected chi connectivity index (χ2v) is 9.93. The molecule has 0 bridgehead atoms. The van der Waals surface area contributed by atoms with E-state index in [4.69, 9.17) is 0 Å². The number of sulfone groups is 1. The number of rotatable bonds is 16. The van der Waals surface area contributed by atoms with E-state index in [0.29, 0.717) is 11.5 Å². The number of hydrogen-bond acceptors (Lipinski definition) is 3. The van der Waals surface area contributed by atoms with Crippen LogP contribution in [-0.2, 0) is 9.84 Å². The minimum absolute atomic E-state index is 0. The van der Waals surface area contributed by atoms with Gasteiger partial charge in [0, 0.05) is 5.75 Å². The molecule has 0 radical (unpaired) electrons. The van der Waals surface area contributed by atoms with Gasteiger partial charge in [-0.25, -0.2) is 8.42 Å². The van der Waals surface area contributed by atoms with Crippen LogP contribution >= 0.6 is 0 Å². The van der Waals surface area contributed by atoms with Crippen LogP contribution in [0.1, 0.15) is 110 Å².